The van der Waals surface area contributed by atoms with Crippen molar-refractivity contribution in [3.63, 3.8) is 0 Å². The Morgan fingerprint density at radius 1 is 0.911 bits per heavy atom. The zero-order chi connectivity index (χ0) is 31.2. The molecule has 6 rings (SSSR count). The number of aromatic nitrogens is 3. The molecule has 8 heteroatoms. The molecule has 0 spiro atoms. The van der Waals surface area contributed by atoms with E-state index in [4.69, 9.17) is 4.42 Å². The lowest BCUT2D eigenvalue weighted by molar-refractivity contribution is -0.144. The van der Waals surface area contributed by atoms with Gasteiger partial charge in [0.05, 0.1) is 5.69 Å². The lowest BCUT2D eigenvalue weighted by Gasteiger charge is -2.37. The molecule has 0 N–H and O–H groups in total. The number of oxazole rings is 1. The van der Waals surface area contributed by atoms with Crippen LogP contribution in [0.15, 0.2) is 108 Å². The number of carbonyl (C=O) groups excluding carboxylic acids is 2. The number of carbonyl (C=O) groups is 2. The largest absolute Gasteiger partial charge is 0.446 e. The van der Waals surface area contributed by atoms with Gasteiger partial charge in [0.2, 0.25) is 11.8 Å². The Balaban J connectivity index is 1.35. The maximum Gasteiger partial charge on any atom is 0.247 e. The van der Waals surface area contributed by atoms with E-state index in [1.54, 1.807) is 24.1 Å². The lowest BCUT2D eigenvalue weighted by Crippen LogP contribution is -2.52. The van der Waals surface area contributed by atoms with Crippen LogP contribution < -0.4 is 0 Å². The molecule has 3 heterocycles. The van der Waals surface area contributed by atoms with E-state index >= 15 is 0 Å². The van der Waals surface area contributed by atoms with Crippen LogP contribution in [0, 0.1) is 13.8 Å². The van der Waals surface area contributed by atoms with Gasteiger partial charge in [-0.15, -0.1) is 0 Å². The van der Waals surface area contributed by atoms with Crippen LogP contribution in [0.3, 0.4) is 0 Å². The highest BCUT2D eigenvalue weighted by molar-refractivity contribution is 5.95. The molecule has 8 nitrogen and oxygen atoms in total. The van der Waals surface area contributed by atoms with Crippen molar-refractivity contribution in [1.29, 1.82) is 0 Å². The fourth-order valence-electron chi connectivity index (χ4n) is 5.78. The van der Waals surface area contributed by atoms with Crippen LogP contribution in [0.2, 0.25) is 0 Å². The molecule has 5 aromatic rings. The van der Waals surface area contributed by atoms with Crippen molar-refractivity contribution in [2.24, 2.45) is 0 Å². The predicted octanol–water partition coefficient (Wildman–Crippen LogP) is 5.99. The second kappa shape index (κ2) is 13.5. The number of hydrogen-bond acceptors (Lipinski definition) is 6. The highest BCUT2D eigenvalue weighted by Crippen LogP contribution is 2.24. The molecule has 45 heavy (non-hydrogen) atoms. The third-order valence-electron chi connectivity index (χ3n) is 8.16. The van der Waals surface area contributed by atoms with E-state index in [0.717, 1.165) is 34.4 Å². The first-order valence-corrected chi connectivity index (χ1v) is 15.1. The van der Waals surface area contributed by atoms with Gasteiger partial charge < -0.3 is 14.2 Å². The Bertz CT molecular complexity index is 1800. The number of rotatable bonds is 9. The number of hydrogen-bond donors (Lipinski definition) is 0. The average Bonchev–Trinajstić information content (AvgIpc) is 3.41. The van der Waals surface area contributed by atoms with Crippen molar-refractivity contribution in [3.05, 3.63) is 143 Å². The smallest absolute Gasteiger partial charge is 0.247 e. The lowest BCUT2D eigenvalue weighted by atomic mass is 9.97. The average molecular weight is 598 g/mol. The molecule has 0 fully saturated rings. The second-order valence-corrected chi connectivity index (χ2v) is 11.3. The van der Waals surface area contributed by atoms with Gasteiger partial charge in [0.15, 0.2) is 5.89 Å². The Kier molecular flexibility index (Phi) is 8.91. The molecule has 1 atom stereocenters. The van der Waals surface area contributed by atoms with E-state index < -0.39 is 6.04 Å². The minimum atomic E-state index is -0.727. The van der Waals surface area contributed by atoms with Crippen LogP contribution in [0.1, 0.15) is 39.6 Å². The molecular weight excluding hydrogens is 562 g/mol. The van der Waals surface area contributed by atoms with Crippen molar-refractivity contribution in [1.82, 2.24) is 25.0 Å². The molecule has 2 aromatic heterocycles. The third kappa shape index (κ3) is 7.07. The summed E-state index contributed by atoms with van der Waals surface area (Å²) in [6.07, 6.45) is 5.97. The standard InChI is InChI=1S/C37H35N5O3/c1-26-33(39-27(2)45-26)18-19-36(43)42(24-29-14-16-31(17-15-29)34-13-8-21-38-40-34)35(23-28-9-4-3-5-10-28)37(44)41-22-20-30-11-6-7-12-32(30)25-41/h3-19,21,35H,20,22-25H2,1-2H3/b19-18+/t35-/m0/s1. The van der Waals surface area contributed by atoms with Crippen LogP contribution in [0.25, 0.3) is 17.3 Å². The predicted molar refractivity (Wildman–Crippen MR) is 173 cm³/mol. The molecule has 0 radical (unpaired) electrons. The maximum absolute atomic E-state index is 14.5. The van der Waals surface area contributed by atoms with E-state index in [1.165, 1.54) is 11.6 Å². The Labute approximate surface area is 263 Å². The van der Waals surface area contributed by atoms with Crippen LogP contribution >= 0.6 is 0 Å². The van der Waals surface area contributed by atoms with Gasteiger partial charge in [-0.2, -0.15) is 10.2 Å². The zero-order valence-electron chi connectivity index (χ0n) is 25.5. The molecule has 2 amide bonds. The van der Waals surface area contributed by atoms with Gasteiger partial charge in [0.1, 0.15) is 17.5 Å². The van der Waals surface area contributed by atoms with Crippen molar-refractivity contribution < 1.29 is 14.0 Å². The monoisotopic (exact) mass is 597 g/mol. The minimum Gasteiger partial charge on any atom is -0.446 e. The maximum atomic E-state index is 14.5. The molecule has 226 valence electrons. The molecule has 3 aromatic carbocycles. The van der Waals surface area contributed by atoms with Gasteiger partial charge in [-0.3, -0.25) is 9.59 Å². The first kappa shape index (κ1) is 29.7. The van der Waals surface area contributed by atoms with Gasteiger partial charge in [0.25, 0.3) is 0 Å². The number of aryl methyl sites for hydroxylation is 2. The summed E-state index contributed by atoms with van der Waals surface area (Å²) < 4.78 is 5.57. The fraction of sp³-hybridized carbons (Fsp3) is 0.216. The summed E-state index contributed by atoms with van der Waals surface area (Å²) in [6, 6.07) is 29.0. The summed E-state index contributed by atoms with van der Waals surface area (Å²) in [7, 11) is 0. The van der Waals surface area contributed by atoms with E-state index in [1.807, 2.05) is 90.7 Å². The zero-order valence-corrected chi connectivity index (χ0v) is 25.5. The summed E-state index contributed by atoms with van der Waals surface area (Å²) in [5, 5.41) is 8.19. The first-order chi connectivity index (χ1) is 21.9. The van der Waals surface area contributed by atoms with E-state index in [-0.39, 0.29) is 18.4 Å². The highest BCUT2D eigenvalue weighted by atomic mass is 16.4. The fourth-order valence-corrected chi connectivity index (χ4v) is 5.78. The molecule has 0 unspecified atom stereocenters. The molecule has 1 aliphatic rings. The summed E-state index contributed by atoms with van der Waals surface area (Å²) in [5.41, 5.74) is 6.56. The van der Waals surface area contributed by atoms with Gasteiger partial charge in [-0.25, -0.2) is 4.98 Å². The van der Waals surface area contributed by atoms with Crippen molar-refractivity contribution in [2.75, 3.05) is 6.54 Å². The third-order valence-corrected chi connectivity index (χ3v) is 8.16. The summed E-state index contributed by atoms with van der Waals surface area (Å²) in [5.74, 6) is 0.813. The van der Waals surface area contributed by atoms with Gasteiger partial charge in [0, 0.05) is 50.8 Å². The summed E-state index contributed by atoms with van der Waals surface area (Å²) in [4.78, 5) is 36.6. The Morgan fingerprint density at radius 2 is 1.67 bits per heavy atom. The molecule has 1 aliphatic heterocycles. The Hall–Kier alpha value is -5.37. The molecule has 0 saturated carbocycles. The van der Waals surface area contributed by atoms with Gasteiger partial charge in [-0.1, -0.05) is 78.9 Å². The first-order valence-electron chi connectivity index (χ1n) is 15.1. The van der Waals surface area contributed by atoms with E-state index in [0.29, 0.717) is 36.9 Å². The Morgan fingerprint density at radius 3 is 2.38 bits per heavy atom. The van der Waals surface area contributed by atoms with Crippen LogP contribution in [-0.2, 0) is 35.5 Å². The normalized spacial score (nSPS) is 13.4. The number of nitrogens with zero attached hydrogens (tertiary/aromatic N) is 5. The second-order valence-electron chi connectivity index (χ2n) is 11.3. The molecule has 0 aliphatic carbocycles. The van der Waals surface area contributed by atoms with Gasteiger partial charge in [-0.05, 0) is 53.8 Å². The molecule has 0 bridgehead atoms. The van der Waals surface area contributed by atoms with E-state index in [9.17, 15) is 9.59 Å². The van der Waals surface area contributed by atoms with Crippen molar-refractivity contribution >= 4 is 17.9 Å². The van der Waals surface area contributed by atoms with Crippen LogP contribution in [0.4, 0.5) is 0 Å². The topological polar surface area (TPSA) is 92.4 Å². The number of benzene rings is 3. The molecular formula is C37H35N5O3. The summed E-state index contributed by atoms with van der Waals surface area (Å²) in [6.45, 7) is 4.95. The number of amides is 2. The SMILES string of the molecule is Cc1nc(/C=C/C(=O)N(Cc2ccc(-c3cccnn3)cc2)[C@@H](Cc2ccccc2)C(=O)N2CCc3ccccc3C2)c(C)o1. The van der Waals surface area contributed by atoms with Crippen LogP contribution in [-0.4, -0.2) is 49.4 Å². The quantitative estimate of drug-likeness (QED) is 0.194. The van der Waals surface area contributed by atoms with E-state index in [2.05, 4.69) is 27.3 Å². The number of fused-ring (bicyclic) bond motifs is 1. The molecule has 0 saturated heterocycles. The summed E-state index contributed by atoms with van der Waals surface area (Å²) >= 11 is 0. The van der Waals surface area contributed by atoms with Crippen molar-refractivity contribution in [2.45, 2.75) is 45.8 Å². The van der Waals surface area contributed by atoms with Gasteiger partial charge >= 0.3 is 0 Å². The highest BCUT2D eigenvalue weighted by Gasteiger charge is 2.34. The van der Waals surface area contributed by atoms with Crippen LogP contribution in [0.5, 0.6) is 0 Å². The van der Waals surface area contributed by atoms with Crippen molar-refractivity contribution in [3.8, 4) is 11.3 Å². The minimum absolute atomic E-state index is 0.0697.